The molecule has 4 heterocycles. The van der Waals surface area contributed by atoms with Crippen LogP contribution < -0.4 is 5.32 Å². The van der Waals surface area contributed by atoms with E-state index >= 15 is 0 Å². The van der Waals surface area contributed by atoms with Crippen LogP contribution in [0.5, 0.6) is 0 Å². The SMILES string of the molecule is O=C(Cc1c[nH]c2ccccc12)N1CCC[C@H](c2cccc(Nc3cnccn3)n2)C1. The first-order valence-electron chi connectivity index (χ1n) is 10.6. The number of hydrogen-bond donors (Lipinski definition) is 2. The van der Waals surface area contributed by atoms with E-state index in [0.717, 1.165) is 47.4 Å². The number of piperidine rings is 1. The van der Waals surface area contributed by atoms with Crippen LogP contribution in [0.4, 0.5) is 11.6 Å². The molecule has 1 aliphatic rings. The summed E-state index contributed by atoms with van der Waals surface area (Å²) < 4.78 is 0. The van der Waals surface area contributed by atoms with Gasteiger partial charge in [-0.25, -0.2) is 9.97 Å². The predicted molar refractivity (Wildman–Crippen MR) is 120 cm³/mol. The van der Waals surface area contributed by atoms with E-state index in [0.29, 0.717) is 18.8 Å². The zero-order valence-electron chi connectivity index (χ0n) is 17.2. The second kappa shape index (κ2) is 8.55. The van der Waals surface area contributed by atoms with Crippen LogP contribution in [0.2, 0.25) is 0 Å². The van der Waals surface area contributed by atoms with Crippen molar-refractivity contribution in [2.45, 2.75) is 25.2 Å². The van der Waals surface area contributed by atoms with Gasteiger partial charge in [0.05, 0.1) is 12.6 Å². The number of benzene rings is 1. The lowest BCUT2D eigenvalue weighted by Gasteiger charge is -2.32. The average molecular weight is 412 g/mol. The third-order valence-electron chi connectivity index (χ3n) is 5.80. The highest BCUT2D eigenvalue weighted by atomic mass is 16.2. The minimum absolute atomic E-state index is 0.170. The maximum Gasteiger partial charge on any atom is 0.227 e. The fourth-order valence-electron chi connectivity index (χ4n) is 4.24. The molecular weight excluding hydrogens is 388 g/mol. The molecular formula is C24H24N6O. The molecule has 0 radical (unpaired) electrons. The zero-order valence-corrected chi connectivity index (χ0v) is 17.2. The number of aromatic amines is 1. The summed E-state index contributed by atoms with van der Waals surface area (Å²) in [6.45, 7) is 1.50. The van der Waals surface area contributed by atoms with Crippen molar-refractivity contribution in [1.82, 2.24) is 24.8 Å². The molecule has 0 saturated carbocycles. The van der Waals surface area contributed by atoms with Crippen molar-refractivity contribution in [3.63, 3.8) is 0 Å². The van der Waals surface area contributed by atoms with Gasteiger partial charge < -0.3 is 15.2 Å². The van der Waals surface area contributed by atoms with E-state index in [1.54, 1.807) is 18.6 Å². The topological polar surface area (TPSA) is 86.8 Å². The van der Waals surface area contributed by atoms with Crippen LogP contribution in [0.15, 0.2) is 67.3 Å². The molecule has 0 spiro atoms. The number of carbonyl (C=O) groups excluding carboxylic acids is 1. The van der Waals surface area contributed by atoms with Crippen LogP contribution in [-0.4, -0.2) is 43.8 Å². The maximum absolute atomic E-state index is 13.1. The molecule has 1 amide bonds. The minimum Gasteiger partial charge on any atom is -0.361 e. The lowest BCUT2D eigenvalue weighted by molar-refractivity contribution is -0.131. The first-order chi connectivity index (χ1) is 15.3. The van der Waals surface area contributed by atoms with Crippen molar-refractivity contribution in [3.8, 4) is 0 Å². The molecule has 3 aromatic heterocycles. The molecule has 1 atom stereocenters. The fourth-order valence-corrected chi connectivity index (χ4v) is 4.24. The van der Waals surface area contributed by atoms with Crippen molar-refractivity contribution in [1.29, 1.82) is 0 Å². The number of para-hydroxylation sites is 1. The molecule has 1 aliphatic heterocycles. The monoisotopic (exact) mass is 412 g/mol. The molecule has 1 fully saturated rings. The summed E-state index contributed by atoms with van der Waals surface area (Å²) in [7, 11) is 0. The van der Waals surface area contributed by atoms with Gasteiger partial charge in [-0.1, -0.05) is 24.3 Å². The van der Waals surface area contributed by atoms with Crippen LogP contribution in [-0.2, 0) is 11.2 Å². The van der Waals surface area contributed by atoms with Crippen LogP contribution in [0, 0.1) is 0 Å². The lowest BCUT2D eigenvalue weighted by atomic mass is 9.93. The summed E-state index contributed by atoms with van der Waals surface area (Å²) >= 11 is 0. The highest BCUT2D eigenvalue weighted by Gasteiger charge is 2.26. The quantitative estimate of drug-likeness (QED) is 0.516. The minimum atomic E-state index is 0.170. The largest absolute Gasteiger partial charge is 0.361 e. The Kier molecular flexibility index (Phi) is 5.31. The Bertz CT molecular complexity index is 1190. The van der Waals surface area contributed by atoms with Crippen molar-refractivity contribution in [2.75, 3.05) is 18.4 Å². The Labute approximate surface area is 180 Å². The van der Waals surface area contributed by atoms with Gasteiger partial charge in [-0.2, -0.15) is 0 Å². The van der Waals surface area contributed by atoms with Gasteiger partial charge in [0.2, 0.25) is 5.91 Å². The number of pyridine rings is 1. The van der Waals surface area contributed by atoms with Gasteiger partial charge in [0.1, 0.15) is 11.6 Å². The first-order valence-corrected chi connectivity index (χ1v) is 10.6. The van der Waals surface area contributed by atoms with E-state index in [9.17, 15) is 4.79 Å². The van der Waals surface area contributed by atoms with E-state index in [4.69, 9.17) is 4.98 Å². The van der Waals surface area contributed by atoms with Gasteiger partial charge >= 0.3 is 0 Å². The van der Waals surface area contributed by atoms with Crippen LogP contribution in [0.3, 0.4) is 0 Å². The van der Waals surface area contributed by atoms with Gasteiger partial charge in [0.25, 0.3) is 0 Å². The Morgan fingerprint density at radius 2 is 2.06 bits per heavy atom. The zero-order chi connectivity index (χ0) is 21.0. The normalized spacial score (nSPS) is 16.4. The third kappa shape index (κ3) is 4.26. The molecule has 156 valence electrons. The highest BCUT2D eigenvalue weighted by molar-refractivity contribution is 5.89. The number of fused-ring (bicyclic) bond motifs is 1. The number of hydrogen-bond acceptors (Lipinski definition) is 5. The number of amides is 1. The van der Waals surface area contributed by atoms with E-state index in [-0.39, 0.29) is 11.8 Å². The third-order valence-corrected chi connectivity index (χ3v) is 5.80. The average Bonchev–Trinajstić information content (AvgIpc) is 3.23. The van der Waals surface area contributed by atoms with E-state index in [1.807, 2.05) is 47.5 Å². The highest BCUT2D eigenvalue weighted by Crippen LogP contribution is 2.28. The van der Waals surface area contributed by atoms with Crippen molar-refractivity contribution in [3.05, 3.63) is 78.5 Å². The smallest absolute Gasteiger partial charge is 0.227 e. The number of nitrogens with one attached hydrogen (secondary N) is 2. The summed E-state index contributed by atoms with van der Waals surface area (Å²) in [6, 6.07) is 14.1. The van der Waals surface area contributed by atoms with Gasteiger partial charge in [-0.3, -0.25) is 9.78 Å². The molecule has 7 heteroatoms. The maximum atomic E-state index is 13.1. The van der Waals surface area contributed by atoms with Gasteiger partial charge in [0.15, 0.2) is 0 Å². The number of likely N-dealkylation sites (tertiary alicyclic amines) is 1. The fraction of sp³-hybridized carbons (Fsp3) is 0.250. The standard InChI is InChI=1S/C24H24N6O/c31-24(13-18-14-27-21-7-2-1-6-19(18)21)30-12-4-5-17(16-30)20-8-3-9-22(28-20)29-23-15-25-10-11-26-23/h1-3,6-11,14-15,17,27H,4-5,12-13,16H2,(H,26,28,29)/t17-/m0/s1. The first kappa shape index (κ1) is 19.2. The van der Waals surface area contributed by atoms with Crippen molar-refractivity contribution < 1.29 is 4.79 Å². The van der Waals surface area contributed by atoms with E-state index in [1.165, 1.54) is 0 Å². The molecule has 0 bridgehead atoms. The molecule has 7 nitrogen and oxygen atoms in total. The second-order valence-electron chi connectivity index (χ2n) is 7.88. The summed E-state index contributed by atoms with van der Waals surface area (Å²) in [5, 5.41) is 4.31. The van der Waals surface area contributed by atoms with Gasteiger partial charge in [-0.15, -0.1) is 0 Å². The number of aromatic nitrogens is 4. The Morgan fingerprint density at radius 1 is 1.13 bits per heavy atom. The Morgan fingerprint density at radius 3 is 2.97 bits per heavy atom. The molecule has 1 aromatic carbocycles. The second-order valence-corrected chi connectivity index (χ2v) is 7.88. The Balaban J connectivity index is 1.28. The number of anilines is 2. The molecule has 5 rings (SSSR count). The van der Waals surface area contributed by atoms with Crippen molar-refractivity contribution >= 4 is 28.4 Å². The van der Waals surface area contributed by atoms with Gasteiger partial charge in [0, 0.05) is 54.2 Å². The number of H-pyrrole nitrogens is 1. The number of carbonyl (C=O) groups is 1. The summed E-state index contributed by atoms with van der Waals surface area (Å²) in [4.78, 5) is 31.4. The summed E-state index contributed by atoms with van der Waals surface area (Å²) in [6.07, 6.45) is 9.32. The van der Waals surface area contributed by atoms with Crippen LogP contribution >= 0.6 is 0 Å². The predicted octanol–water partition coefficient (Wildman–Crippen LogP) is 4.05. The number of nitrogens with zero attached hydrogens (tertiary/aromatic N) is 4. The van der Waals surface area contributed by atoms with Crippen molar-refractivity contribution in [2.24, 2.45) is 0 Å². The lowest BCUT2D eigenvalue weighted by Crippen LogP contribution is -2.40. The molecule has 0 unspecified atom stereocenters. The number of rotatable bonds is 5. The van der Waals surface area contributed by atoms with Gasteiger partial charge in [-0.05, 0) is 36.6 Å². The molecule has 0 aliphatic carbocycles. The van der Waals surface area contributed by atoms with Crippen LogP contribution in [0.1, 0.15) is 30.0 Å². The molecule has 4 aromatic rings. The molecule has 1 saturated heterocycles. The summed E-state index contributed by atoms with van der Waals surface area (Å²) in [5.41, 5.74) is 3.12. The van der Waals surface area contributed by atoms with Crippen LogP contribution in [0.25, 0.3) is 10.9 Å². The van der Waals surface area contributed by atoms with E-state index in [2.05, 4.69) is 26.3 Å². The Hall–Kier alpha value is -3.74. The molecule has 2 N–H and O–H groups in total. The molecule has 31 heavy (non-hydrogen) atoms. The summed E-state index contributed by atoms with van der Waals surface area (Å²) in [5.74, 6) is 1.79. The van der Waals surface area contributed by atoms with E-state index < -0.39 is 0 Å².